The zero-order chi connectivity index (χ0) is 37.2. The Morgan fingerprint density at radius 2 is 1.55 bits per heavy atom. The van der Waals surface area contributed by atoms with Gasteiger partial charge in [-0.15, -0.1) is 10.2 Å². The van der Waals surface area contributed by atoms with Crippen LogP contribution in [0.15, 0.2) is 61.3 Å². The first kappa shape index (κ1) is 48.8. The van der Waals surface area contributed by atoms with Gasteiger partial charge in [-0.1, -0.05) is 0 Å². The molecular formula is C23H16ClLiN8Na2O14S4. The molecule has 0 fully saturated rings. The van der Waals surface area contributed by atoms with Gasteiger partial charge in [0.05, 0.1) is 39.8 Å². The number of nitrogens with one attached hydrogen (secondary N) is 2. The molecule has 0 aliphatic carbocycles. The van der Waals surface area contributed by atoms with E-state index >= 15 is 0 Å². The number of fused-ring (bicyclic) bond motifs is 1. The van der Waals surface area contributed by atoms with E-state index in [0.717, 1.165) is 37.4 Å². The molecule has 0 aliphatic rings. The third kappa shape index (κ3) is 12.4. The normalized spacial score (nSPS) is 11.8. The largest absolute Gasteiger partial charge is 1.00 e. The van der Waals surface area contributed by atoms with Crippen LogP contribution in [0.5, 0.6) is 11.5 Å². The number of aromatic hydroxyl groups is 1. The molecule has 30 heteroatoms. The van der Waals surface area contributed by atoms with Crippen LogP contribution in [0.25, 0.3) is 10.8 Å². The number of phenols is 1. The van der Waals surface area contributed by atoms with Gasteiger partial charge in [0.15, 0.2) is 21.8 Å². The molecule has 0 unspecified atom stereocenters. The first-order valence-electron chi connectivity index (χ1n) is 12.7. The van der Waals surface area contributed by atoms with Gasteiger partial charge in [0.1, 0.15) is 37.4 Å². The van der Waals surface area contributed by atoms with Crippen molar-refractivity contribution in [3.63, 3.8) is 0 Å². The van der Waals surface area contributed by atoms with Crippen LogP contribution in [-0.2, 0) is 44.7 Å². The molecule has 0 spiro atoms. The Balaban J connectivity index is 0.00000468. The van der Waals surface area contributed by atoms with E-state index in [0.29, 0.717) is 6.07 Å². The van der Waals surface area contributed by atoms with Gasteiger partial charge in [-0.05, 0) is 48.0 Å². The van der Waals surface area contributed by atoms with Crippen molar-refractivity contribution >= 4 is 91.8 Å². The van der Waals surface area contributed by atoms with Crippen LogP contribution in [0.1, 0.15) is 0 Å². The minimum absolute atomic E-state index is 0. The Kier molecular flexibility index (Phi) is 17.5. The van der Waals surface area contributed by atoms with Crippen molar-refractivity contribution in [1.82, 2.24) is 15.0 Å². The molecule has 22 nitrogen and oxygen atoms in total. The van der Waals surface area contributed by atoms with E-state index in [1.165, 1.54) is 6.19 Å². The van der Waals surface area contributed by atoms with Crippen molar-refractivity contribution in [2.24, 2.45) is 10.2 Å². The third-order valence-electron chi connectivity index (χ3n) is 6.07. The second-order valence-corrected chi connectivity index (χ2v) is 15.4. The molecule has 0 radical (unpaired) electrons. The van der Waals surface area contributed by atoms with Crippen molar-refractivity contribution in [3.05, 3.63) is 41.7 Å². The molecule has 3 aromatic carbocycles. The van der Waals surface area contributed by atoms with Crippen LogP contribution >= 0.6 is 11.6 Å². The molecule has 1 aromatic heterocycles. The Hall–Kier alpha value is -2.25. The standard InChI is InChI=1S/C23H19ClN8O14S4.Li.2Na/c1-45-16-5-2-11(47(34,35)7-6-46-50(42,43)44)8-15(16)31-32-18-17(48(36,37)38)9-13-12(19(18)33)3-4-14(20(13)49(39,40)41)27-23-29-21(24)28-22(30-23)26-10-25;;;/h2-5,8-9,33H,6-7H2,1H3,(H,36,37,38)(H,39,40,41)(H,42,43,44)(H2,26,27,28,29,30);;;/q;3*+1/p-3. The van der Waals surface area contributed by atoms with Crippen molar-refractivity contribution < 1.29 is 139 Å². The minimum atomic E-state index is -5.66. The van der Waals surface area contributed by atoms with Crippen molar-refractivity contribution in [2.75, 3.05) is 30.1 Å². The van der Waals surface area contributed by atoms with Crippen molar-refractivity contribution in [1.29, 1.82) is 5.26 Å². The van der Waals surface area contributed by atoms with Gasteiger partial charge in [0.25, 0.3) is 0 Å². The van der Waals surface area contributed by atoms with E-state index < -0.39 is 118 Å². The third-order valence-corrected chi connectivity index (χ3v) is 10.2. The van der Waals surface area contributed by atoms with Gasteiger partial charge in [-0.25, -0.2) is 33.7 Å². The van der Waals surface area contributed by atoms with Crippen LogP contribution in [0.4, 0.5) is 29.0 Å². The van der Waals surface area contributed by atoms with Gasteiger partial charge in [-0.2, -0.15) is 20.2 Å². The van der Waals surface area contributed by atoms with Gasteiger partial charge in [0, 0.05) is 10.8 Å². The summed E-state index contributed by atoms with van der Waals surface area (Å²) < 4.78 is 141. The molecule has 0 aliphatic heterocycles. The second-order valence-electron chi connectivity index (χ2n) is 9.21. The summed E-state index contributed by atoms with van der Waals surface area (Å²) in [6.45, 7) is -1.03. The number of hydrogen-bond acceptors (Lipinski definition) is 22. The number of nitrogens with zero attached hydrogens (tertiary/aromatic N) is 6. The van der Waals surface area contributed by atoms with Crippen LogP contribution in [-0.4, -0.2) is 86.9 Å². The fourth-order valence-corrected chi connectivity index (χ4v) is 7.21. The maximum Gasteiger partial charge on any atom is 1.00 e. The summed E-state index contributed by atoms with van der Waals surface area (Å²) in [7, 11) is -19.7. The smallest absolute Gasteiger partial charge is 0.744 e. The summed E-state index contributed by atoms with van der Waals surface area (Å²) in [5, 5.41) is 29.8. The number of anilines is 3. The van der Waals surface area contributed by atoms with E-state index in [9.17, 15) is 52.4 Å². The zero-order valence-corrected chi connectivity index (χ0v) is 35.3. The molecule has 53 heavy (non-hydrogen) atoms. The molecular weight excluding hydrogens is 829 g/mol. The van der Waals surface area contributed by atoms with Gasteiger partial charge in [-0.3, -0.25) is 9.50 Å². The molecule has 0 amide bonds. The van der Waals surface area contributed by atoms with E-state index in [1.807, 2.05) is 0 Å². The number of methoxy groups -OCH3 is 1. The first-order chi connectivity index (χ1) is 23.1. The van der Waals surface area contributed by atoms with Crippen LogP contribution in [0, 0.1) is 11.5 Å². The topological polar surface area (TPSA) is 356 Å². The SMILES string of the molecule is COc1ccc(S(=O)(=O)CCOS(=O)(=O)[O-])cc1N=Nc1c(S(=O)(=O)[O-])cc2c(S(=O)(=O)[O-])c(Nc3nc(Cl)nc(NC#N)n3)ccc2c1O.[Li+].[Na+].[Na+]. The predicted octanol–water partition coefficient (Wildman–Crippen LogP) is -7.48. The Labute approximate surface area is 361 Å². The summed E-state index contributed by atoms with van der Waals surface area (Å²) in [4.78, 5) is 7.94. The predicted molar refractivity (Wildman–Crippen MR) is 164 cm³/mol. The molecule has 0 atom stereocenters. The minimum Gasteiger partial charge on any atom is -0.744 e. The second kappa shape index (κ2) is 19.1. The molecule has 3 N–H and O–H groups in total. The van der Waals surface area contributed by atoms with Gasteiger partial charge in [0.2, 0.25) is 27.6 Å². The van der Waals surface area contributed by atoms with E-state index in [4.69, 9.17) is 21.6 Å². The number of halogens is 1. The number of sulfone groups is 1. The Morgan fingerprint density at radius 3 is 2.11 bits per heavy atom. The molecule has 266 valence electrons. The quantitative estimate of drug-likeness (QED) is 0.0281. The fourth-order valence-electron chi connectivity index (χ4n) is 4.09. The van der Waals surface area contributed by atoms with Crippen LogP contribution in [0.3, 0.4) is 0 Å². The Bertz CT molecular complexity index is 2560. The van der Waals surface area contributed by atoms with Crippen LogP contribution < -0.4 is 93.3 Å². The maximum atomic E-state index is 12.7. The van der Waals surface area contributed by atoms with E-state index in [2.05, 4.69) is 40.0 Å². The number of hydrogen-bond donors (Lipinski definition) is 3. The number of phenolic OH excluding ortho intramolecular Hbond substituents is 1. The molecule has 0 saturated carbocycles. The van der Waals surface area contributed by atoms with Crippen molar-refractivity contribution in [3.8, 4) is 17.7 Å². The Morgan fingerprint density at radius 1 is 0.906 bits per heavy atom. The summed E-state index contributed by atoms with van der Waals surface area (Å²) in [5.41, 5.74) is -2.10. The molecule has 0 bridgehead atoms. The fraction of sp³-hybridized carbons (Fsp3) is 0.130. The number of nitriles is 1. The average Bonchev–Trinajstić information content (AvgIpc) is 2.98. The summed E-state index contributed by atoms with van der Waals surface area (Å²) >= 11 is 5.79. The summed E-state index contributed by atoms with van der Waals surface area (Å²) in [5.74, 6) is -3.22. The molecule has 1 heterocycles. The van der Waals surface area contributed by atoms with Crippen molar-refractivity contribution in [2.45, 2.75) is 14.7 Å². The number of azo groups is 1. The summed E-state index contributed by atoms with van der Waals surface area (Å²) in [6, 6.07) is 5.23. The number of ether oxygens (including phenoxy) is 1. The molecule has 4 aromatic rings. The summed E-state index contributed by atoms with van der Waals surface area (Å²) in [6.07, 6.45) is 1.51. The monoisotopic (exact) mass is 844 g/mol. The number of benzene rings is 3. The van der Waals surface area contributed by atoms with E-state index in [-0.39, 0.29) is 83.7 Å². The van der Waals surface area contributed by atoms with Gasteiger partial charge >= 0.3 is 78.0 Å². The molecule has 0 saturated heterocycles. The first-order valence-corrected chi connectivity index (χ1v) is 18.8. The average molecular weight is 845 g/mol. The zero-order valence-electron chi connectivity index (χ0n) is 27.3. The van der Waals surface area contributed by atoms with Gasteiger partial charge < -0.3 is 28.8 Å². The molecule has 4 rings (SSSR count). The van der Waals surface area contributed by atoms with E-state index in [1.54, 1.807) is 0 Å². The number of aromatic nitrogens is 3. The maximum absolute atomic E-state index is 12.7. The number of rotatable bonds is 13. The van der Waals surface area contributed by atoms with Crippen LogP contribution in [0.2, 0.25) is 5.28 Å².